The van der Waals surface area contributed by atoms with E-state index in [4.69, 9.17) is 4.74 Å². The molecule has 0 saturated heterocycles. The number of carbonyl (C=O) groups excluding carboxylic acids is 1. The highest BCUT2D eigenvalue weighted by atomic mass is 19.3. The van der Waals surface area contributed by atoms with Crippen LogP contribution in [0.1, 0.15) is 19.2 Å². The highest BCUT2D eigenvalue weighted by Gasteiger charge is 2.13. The lowest BCUT2D eigenvalue weighted by molar-refractivity contribution is -0.120. The van der Waals surface area contributed by atoms with E-state index in [1.165, 1.54) is 0 Å². The van der Waals surface area contributed by atoms with Gasteiger partial charge in [-0.25, -0.2) is 13.8 Å². The lowest BCUT2D eigenvalue weighted by atomic mass is 10.2. The zero-order valence-corrected chi connectivity index (χ0v) is 11.9. The zero-order chi connectivity index (χ0) is 15.2. The van der Waals surface area contributed by atoms with Crippen molar-refractivity contribution >= 4 is 16.8 Å². The first kappa shape index (κ1) is 15.6. The predicted molar refractivity (Wildman–Crippen MR) is 75.6 cm³/mol. The summed E-state index contributed by atoms with van der Waals surface area (Å²) in [5.41, 5.74) is 1.85. The van der Waals surface area contributed by atoms with Crippen LogP contribution in [-0.4, -0.2) is 35.0 Å². The molecule has 0 atom stereocenters. The molecule has 6 heteroatoms. The molecule has 2 rings (SSSR count). The van der Waals surface area contributed by atoms with E-state index >= 15 is 0 Å². The molecule has 1 heterocycles. The Morgan fingerprint density at radius 2 is 2.14 bits per heavy atom. The number of carbonyl (C=O) groups is 1. The van der Waals surface area contributed by atoms with Gasteiger partial charge in [-0.1, -0.05) is 12.1 Å². The van der Waals surface area contributed by atoms with Crippen molar-refractivity contribution in [1.82, 2.24) is 9.55 Å². The number of ketones is 1. The molecule has 21 heavy (non-hydrogen) atoms. The van der Waals surface area contributed by atoms with Gasteiger partial charge in [-0.15, -0.1) is 0 Å². The fourth-order valence-corrected chi connectivity index (χ4v) is 2.24. The largest absolute Gasteiger partial charge is 0.375 e. The number of aryl methyl sites for hydroxylation is 1. The summed E-state index contributed by atoms with van der Waals surface area (Å²) in [7, 11) is 0. The average Bonchev–Trinajstić information content (AvgIpc) is 2.80. The lowest BCUT2D eigenvalue weighted by Gasteiger charge is -2.06. The average molecular weight is 296 g/mol. The minimum absolute atomic E-state index is 0.0233. The Hall–Kier alpha value is -1.82. The highest BCUT2D eigenvalue weighted by Crippen LogP contribution is 2.16. The molecule has 0 N–H and O–H groups in total. The summed E-state index contributed by atoms with van der Waals surface area (Å²) in [6.45, 7) is 2.12. The number of hydrogen-bond acceptors (Lipinski definition) is 3. The number of alkyl halides is 2. The number of halogens is 2. The molecule has 0 aliphatic heterocycles. The molecule has 0 bridgehead atoms. The Morgan fingerprint density at radius 1 is 1.38 bits per heavy atom. The molecule has 0 aliphatic rings. The van der Waals surface area contributed by atoms with E-state index < -0.39 is 13.0 Å². The Bertz CT molecular complexity index is 611. The second kappa shape index (κ2) is 7.26. The molecular formula is C15H18F2N2O2. The van der Waals surface area contributed by atoms with E-state index in [2.05, 4.69) is 4.98 Å². The summed E-state index contributed by atoms with van der Waals surface area (Å²) >= 11 is 0. The summed E-state index contributed by atoms with van der Waals surface area (Å²) in [6.07, 6.45) is -2.18. The van der Waals surface area contributed by atoms with Crippen LogP contribution < -0.4 is 0 Å². The number of imidazole rings is 1. The van der Waals surface area contributed by atoms with Crippen molar-refractivity contribution in [2.75, 3.05) is 13.2 Å². The van der Waals surface area contributed by atoms with Crippen molar-refractivity contribution < 1.29 is 18.3 Å². The molecule has 1 aromatic carbocycles. The number of benzene rings is 1. The number of aromatic nitrogens is 2. The third-order valence-corrected chi connectivity index (χ3v) is 3.17. The minimum atomic E-state index is -2.50. The number of fused-ring (bicyclic) bond motifs is 1. The van der Waals surface area contributed by atoms with Gasteiger partial charge in [-0.3, -0.25) is 4.79 Å². The predicted octanol–water partition coefficient (Wildman–Crippen LogP) is 2.84. The molecule has 0 amide bonds. The van der Waals surface area contributed by atoms with E-state index in [9.17, 15) is 13.6 Å². The third kappa shape index (κ3) is 4.07. The fraction of sp³-hybridized carbons (Fsp3) is 0.467. The first-order valence-corrected chi connectivity index (χ1v) is 6.93. The van der Waals surface area contributed by atoms with Gasteiger partial charge in [0.25, 0.3) is 6.43 Å². The molecule has 114 valence electrons. The normalized spacial score (nSPS) is 11.4. The minimum Gasteiger partial charge on any atom is -0.375 e. The summed E-state index contributed by atoms with van der Waals surface area (Å²) in [5, 5.41) is 0. The van der Waals surface area contributed by atoms with Crippen molar-refractivity contribution in [2.24, 2.45) is 0 Å². The molecule has 0 saturated carbocycles. The maximum absolute atomic E-state index is 11.9. The van der Waals surface area contributed by atoms with Gasteiger partial charge < -0.3 is 9.30 Å². The van der Waals surface area contributed by atoms with Crippen LogP contribution in [0.25, 0.3) is 11.0 Å². The Balaban J connectivity index is 1.97. The molecule has 0 radical (unpaired) electrons. The maximum Gasteiger partial charge on any atom is 0.261 e. The number of Topliss-reactive ketones (excluding diaryl/α,β-unsaturated/α-hetero) is 1. The Kier molecular flexibility index (Phi) is 5.38. The number of rotatable bonds is 8. The van der Waals surface area contributed by atoms with Crippen molar-refractivity contribution in [1.29, 1.82) is 0 Å². The van der Waals surface area contributed by atoms with Crippen LogP contribution in [0.15, 0.2) is 24.3 Å². The van der Waals surface area contributed by atoms with Crippen LogP contribution in [0, 0.1) is 0 Å². The molecule has 0 fully saturated rings. The molecule has 0 spiro atoms. The lowest BCUT2D eigenvalue weighted by Crippen LogP contribution is -2.13. The van der Waals surface area contributed by atoms with Crippen molar-refractivity contribution in [3.8, 4) is 0 Å². The molecule has 2 aromatic rings. The van der Waals surface area contributed by atoms with Crippen molar-refractivity contribution in [2.45, 2.75) is 32.7 Å². The second-order valence-corrected chi connectivity index (χ2v) is 4.69. The van der Waals surface area contributed by atoms with E-state index in [0.717, 1.165) is 17.6 Å². The Labute approximate surface area is 121 Å². The van der Waals surface area contributed by atoms with Gasteiger partial charge >= 0.3 is 0 Å². The van der Waals surface area contributed by atoms with E-state index in [1.54, 1.807) is 0 Å². The zero-order valence-electron chi connectivity index (χ0n) is 11.9. The van der Waals surface area contributed by atoms with Crippen LogP contribution in [0.2, 0.25) is 0 Å². The molecule has 0 unspecified atom stereocenters. The summed E-state index contributed by atoms with van der Waals surface area (Å²) < 4.78 is 30.5. The van der Waals surface area contributed by atoms with Crippen LogP contribution in [0.3, 0.4) is 0 Å². The standard InChI is InChI=1S/C15H18F2N2O2/c1-2-19-13-6-4-3-5-12(13)18-15(19)9-11(20)7-8-21-10-14(16)17/h3-6,14H,2,7-10H2,1H3. The van der Waals surface area contributed by atoms with E-state index in [0.29, 0.717) is 5.82 Å². The first-order chi connectivity index (χ1) is 10.1. The summed E-state index contributed by atoms with van der Waals surface area (Å²) in [5.74, 6) is 0.645. The molecule has 1 aromatic heterocycles. The summed E-state index contributed by atoms with van der Waals surface area (Å²) in [4.78, 5) is 16.3. The third-order valence-electron chi connectivity index (χ3n) is 3.17. The quantitative estimate of drug-likeness (QED) is 0.704. The van der Waals surface area contributed by atoms with Gasteiger partial charge in [0.1, 0.15) is 18.2 Å². The maximum atomic E-state index is 11.9. The van der Waals surface area contributed by atoms with Gasteiger partial charge in [-0.05, 0) is 19.1 Å². The number of ether oxygens (including phenoxy) is 1. The fourth-order valence-electron chi connectivity index (χ4n) is 2.24. The van der Waals surface area contributed by atoms with Crippen LogP contribution in [0.4, 0.5) is 8.78 Å². The van der Waals surface area contributed by atoms with Gasteiger partial charge in [0.15, 0.2) is 0 Å². The SMILES string of the molecule is CCn1c(CC(=O)CCOCC(F)F)nc2ccccc21. The molecule has 4 nitrogen and oxygen atoms in total. The van der Waals surface area contributed by atoms with E-state index in [-0.39, 0.29) is 25.2 Å². The molecule has 0 aliphatic carbocycles. The van der Waals surface area contributed by atoms with Gasteiger partial charge in [0.05, 0.1) is 24.1 Å². The van der Waals surface area contributed by atoms with Crippen molar-refractivity contribution in [3.63, 3.8) is 0 Å². The summed E-state index contributed by atoms with van der Waals surface area (Å²) in [6, 6.07) is 7.70. The highest BCUT2D eigenvalue weighted by molar-refractivity contribution is 5.82. The van der Waals surface area contributed by atoms with Crippen LogP contribution in [0.5, 0.6) is 0 Å². The van der Waals surface area contributed by atoms with Gasteiger partial charge in [-0.2, -0.15) is 0 Å². The smallest absolute Gasteiger partial charge is 0.261 e. The number of para-hydroxylation sites is 2. The number of hydrogen-bond donors (Lipinski definition) is 0. The van der Waals surface area contributed by atoms with Gasteiger partial charge in [0, 0.05) is 13.0 Å². The number of nitrogens with zero attached hydrogens (tertiary/aromatic N) is 2. The second-order valence-electron chi connectivity index (χ2n) is 4.69. The first-order valence-electron chi connectivity index (χ1n) is 6.93. The van der Waals surface area contributed by atoms with E-state index in [1.807, 2.05) is 35.8 Å². The van der Waals surface area contributed by atoms with Crippen molar-refractivity contribution in [3.05, 3.63) is 30.1 Å². The molecular weight excluding hydrogens is 278 g/mol. The Morgan fingerprint density at radius 3 is 2.86 bits per heavy atom. The van der Waals surface area contributed by atoms with Crippen LogP contribution in [-0.2, 0) is 22.5 Å². The van der Waals surface area contributed by atoms with Crippen LogP contribution >= 0.6 is 0 Å². The monoisotopic (exact) mass is 296 g/mol. The van der Waals surface area contributed by atoms with Gasteiger partial charge in [0.2, 0.25) is 0 Å². The topological polar surface area (TPSA) is 44.1 Å².